The van der Waals surface area contributed by atoms with Crippen LogP contribution < -0.4 is 68.3 Å². The van der Waals surface area contributed by atoms with Gasteiger partial charge >= 0.3 is 53.4 Å². The van der Waals surface area contributed by atoms with E-state index in [1.54, 1.807) is 42.5 Å². The number of aliphatic hydroxyl groups is 1. The summed E-state index contributed by atoms with van der Waals surface area (Å²) in [5.41, 5.74) is 5.79. The Balaban J connectivity index is 0. The van der Waals surface area contributed by atoms with Crippen molar-refractivity contribution in [2.24, 2.45) is 17.7 Å². The van der Waals surface area contributed by atoms with Gasteiger partial charge in [-0.15, -0.1) is 0 Å². The van der Waals surface area contributed by atoms with Gasteiger partial charge < -0.3 is 58.4 Å². The first-order chi connectivity index (χ1) is 41.8. The fourth-order valence-corrected chi connectivity index (χ4v) is 14.0. The van der Waals surface area contributed by atoms with Gasteiger partial charge in [-0.25, -0.2) is 14.4 Å². The first kappa shape index (κ1) is 84.2. The van der Waals surface area contributed by atoms with E-state index in [9.17, 15) is 24.0 Å². The van der Waals surface area contributed by atoms with E-state index in [0.29, 0.717) is 34.5 Å². The summed E-state index contributed by atoms with van der Waals surface area (Å²) in [6.07, 6.45) is 30.2. The number of hydrogen-bond donors (Lipinski definition) is 5. The van der Waals surface area contributed by atoms with Crippen molar-refractivity contribution in [2.75, 3.05) is 27.5 Å². The van der Waals surface area contributed by atoms with Crippen LogP contribution in [-0.2, 0) is 14.3 Å². The second-order valence-electron chi connectivity index (χ2n) is 20.3. The van der Waals surface area contributed by atoms with Gasteiger partial charge in [-0.3, -0.25) is 9.59 Å². The Morgan fingerprint density at radius 3 is 1.34 bits per heavy atom. The molecule has 16 heteroatoms. The number of ether oxygens (including phenoxy) is 2. The van der Waals surface area contributed by atoms with Crippen molar-refractivity contribution in [1.29, 1.82) is 0 Å². The van der Waals surface area contributed by atoms with Crippen molar-refractivity contribution < 1.29 is 101 Å². The third-order valence-electron chi connectivity index (χ3n) is 14.0. The number of esters is 2. The molecule has 88 heavy (non-hydrogen) atoms. The number of carbonyl (C=O) groups excluding carboxylic acids is 3. The van der Waals surface area contributed by atoms with Crippen LogP contribution in [0.2, 0.25) is 0 Å². The Kier molecular flexibility index (Phi) is 51.7. The number of aliphatic hydroxyl groups excluding tert-OH is 1. The average molecular weight is 1300 g/mol. The van der Waals surface area contributed by atoms with Gasteiger partial charge in [0.25, 0.3) is 0 Å². The van der Waals surface area contributed by atoms with Crippen molar-refractivity contribution in [3.05, 3.63) is 215 Å². The van der Waals surface area contributed by atoms with E-state index in [1.807, 2.05) is 42.0 Å². The zero-order valence-electron chi connectivity index (χ0n) is 53.4. The number of unbranched alkanes of at least 4 members (excludes halogenated alkanes) is 8. The van der Waals surface area contributed by atoms with Crippen molar-refractivity contribution in [3.8, 4) is 0 Å². The molecule has 0 aliphatic heterocycles. The van der Waals surface area contributed by atoms with Gasteiger partial charge in [0.2, 0.25) is 0 Å². The molecule has 13 nitrogen and oxygen atoms in total. The van der Waals surface area contributed by atoms with E-state index in [1.165, 1.54) is 119 Å². The fourth-order valence-electron chi connectivity index (χ4n) is 9.52. The molecule has 0 amide bonds. The molecular weight excluding hydrogens is 1200 g/mol. The SMILES string of the molecule is CCCCC=Cc1cccc(C(=O)O)c1.CCCCC=Cc1cccc(C(=O)OC)c1.CCCCCCC1CCCC(C(=O)O)C1.CCCC[P+](c1ccccc1)(c1ccccc1)c1ccccc1.CO.COC(=O)c1cccc(C=O)c1.N[N-]O.[Br-].[Na+]. The smallest absolute Gasteiger partial charge is 1.00 e. The van der Waals surface area contributed by atoms with Gasteiger partial charge in [0, 0.05) is 12.7 Å². The molecule has 6 aromatic rings. The monoisotopic (exact) mass is 1300 g/mol. The van der Waals surface area contributed by atoms with Crippen LogP contribution in [0.3, 0.4) is 0 Å². The third-order valence-corrected chi connectivity index (χ3v) is 18.5. The minimum atomic E-state index is -1.57. The van der Waals surface area contributed by atoms with Crippen LogP contribution in [0.5, 0.6) is 0 Å². The van der Waals surface area contributed by atoms with E-state index < -0.39 is 25.2 Å². The molecule has 0 bridgehead atoms. The Morgan fingerprint density at radius 1 is 0.557 bits per heavy atom. The first-order valence-corrected chi connectivity index (χ1v) is 32.0. The molecular formula is C72H97BrN2NaO11P. The number of nitrogens with zero attached hydrogens (tertiary/aromatic N) is 1. The summed E-state index contributed by atoms with van der Waals surface area (Å²) in [6.45, 7) is 8.83. The van der Waals surface area contributed by atoms with Crippen molar-refractivity contribution in [2.45, 2.75) is 137 Å². The summed E-state index contributed by atoms with van der Waals surface area (Å²) < 4.78 is 9.15. The molecule has 1 saturated carbocycles. The quantitative estimate of drug-likeness (QED) is 0.00726. The summed E-state index contributed by atoms with van der Waals surface area (Å²) in [4.78, 5) is 54.1. The Labute approximate surface area is 559 Å². The van der Waals surface area contributed by atoms with E-state index in [0.717, 1.165) is 50.3 Å². The Morgan fingerprint density at radius 2 is 0.955 bits per heavy atom. The summed E-state index contributed by atoms with van der Waals surface area (Å²) in [5.74, 6) is 2.50. The van der Waals surface area contributed by atoms with Crippen LogP contribution in [-0.4, -0.2) is 78.2 Å². The molecule has 474 valence electrons. The molecule has 1 fully saturated rings. The number of carboxylic acid groups (broad SMARTS) is 2. The van der Waals surface area contributed by atoms with Gasteiger partial charge in [-0.1, -0.05) is 220 Å². The van der Waals surface area contributed by atoms with E-state index in [4.69, 9.17) is 20.5 Å². The third kappa shape index (κ3) is 34.2. The first-order valence-electron chi connectivity index (χ1n) is 30.1. The molecule has 0 radical (unpaired) electrons. The van der Waals surface area contributed by atoms with Gasteiger partial charge in [-0.05, 0) is 122 Å². The van der Waals surface area contributed by atoms with Crippen LogP contribution in [0.15, 0.2) is 176 Å². The number of rotatable bonds is 24. The zero-order chi connectivity index (χ0) is 63.6. The van der Waals surface area contributed by atoms with Crippen LogP contribution in [0.1, 0.15) is 189 Å². The predicted octanol–water partition coefficient (Wildman–Crippen LogP) is 10.4. The number of carbonyl (C=O) groups is 5. The maximum Gasteiger partial charge on any atom is 1.00 e. The minimum Gasteiger partial charge on any atom is -1.00 e. The number of halogens is 1. The molecule has 6 N–H and O–H groups in total. The molecule has 0 saturated heterocycles. The normalized spacial score (nSPS) is 12.8. The summed E-state index contributed by atoms with van der Waals surface area (Å²) >= 11 is 0. The molecule has 0 heterocycles. The fraction of sp³-hybridized carbons (Fsp3) is 0.375. The van der Waals surface area contributed by atoms with Gasteiger partial charge in [0.05, 0.1) is 43.0 Å². The summed E-state index contributed by atoms with van der Waals surface area (Å²) in [6, 6.07) is 54.1. The molecule has 0 aromatic heterocycles. The molecule has 2 unspecified atom stereocenters. The number of carboxylic acids is 2. The average Bonchev–Trinajstić information content (AvgIpc) is 1.47. The zero-order valence-corrected chi connectivity index (χ0v) is 57.8. The van der Waals surface area contributed by atoms with Crippen molar-refractivity contribution in [3.63, 3.8) is 0 Å². The van der Waals surface area contributed by atoms with E-state index in [2.05, 4.69) is 146 Å². The predicted molar refractivity (Wildman–Crippen MR) is 356 cm³/mol. The van der Waals surface area contributed by atoms with Crippen molar-refractivity contribution >= 4 is 65.5 Å². The van der Waals surface area contributed by atoms with Crippen LogP contribution in [0, 0.1) is 11.8 Å². The summed E-state index contributed by atoms with van der Waals surface area (Å²) in [7, 11) is 2.13. The minimum absolute atomic E-state index is 0. The second kappa shape index (κ2) is 54.1. The van der Waals surface area contributed by atoms with Gasteiger partial charge in [0.15, 0.2) is 0 Å². The number of aliphatic carboxylic acids is 1. The molecule has 1 aliphatic carbocycles. The molecule has 1 aliphatic rings. The molecule has 6 aromatic carbocycles. The van der Waals surface area contributed by atoms with E-state index in [-0.39, 0.29) is 58.4 Å². The topological polar surface area (TPSA) is 225 Å². The van der Waals surface area contributed by atoms with Crippen LogP contribution in [0.4, 0.5) is 0 Å². The Bertz CT molecular complexity index is 2730. The van der Waals surface area contributed by atoms with Gasteiger partial charge in [0.1, 0.15) is 29.5 Å². The summed E-state index contributed by atoms with van der Waals surface area (Å²) in [5, 5.41) is 36.2. The van der Waals surface area contributed by atoms with Crippen LogP contribution >= 0.6 is 7.26 Å². The molecule has 0 spiro atoms. The number of hydrogen-bond acceptors (Lipinski definition) is 10. The number of aromatic carboxylic acids is 1. The molecule has 7 rings (SSSR count). The number of benzene rings is 6. The Hall–Kier alpha value is -5.90. The second-order valence-corrected chi connectivity index (χ2v) is 23.9. The molecule has 2 atom stereocenters. The maximum absolute atomic E-state index is 11.3. The number of aldehydes is 1. The number of methoxy groups -OCH3 is 2. The van der Waals surface area contributed by atoms with Crippen LogP contribution in [0.25, 0.3) is 17.7 Å². The standard InChI is InChI=1S/C22H24P.C14H18O2.C13H24O2.C13H16O2.C9H8O3.CH4O.BrH.H3N2O.Na/c1-2-3-19-23(20-13-7-4-8-14-20,21-15-9-5-10-16-21)22-17-11-6-12-18-22;1-3-4-5-6-8-12-9-7-10-13(11-12)14(15)16-2;2*1-2-3-4-5-7-11-8-6-9-12(10-11)13(14)15;1-12-9(11)8-4-2-3-7(5-8)6-10;1-2;;1-2-3;/h4-18H,2-3,19H2,1H3;6-11H,3-5H2,1-2H3;11-12H,2-10H2,1H3,(H,14,15);5-10H,2-4H2,1H3,(H,14,15);2-6H,1H3;2H,1H3;1H;3H,1H2;/q+1;;;;;;;-1;+1/p-1. The maximum atomic E-state index is 11.3. The van der Waals surface area contributed by atoms with Crippen molar-refractivity contribution in [1.82, 2.24) is 0 Å². The number of nitrogens with two attached hydrogens (primary N) is 1. The van der Waals surface area contributed by atoms with Gasteiger partial charge in [-0.2, -0.15) is 0 Å². The largest absolute Gasteiger partial charge is 1.00 e. The van der Waals surface area contributed by atoms with E-state index >= 15 is 0 Å². The number of allylic oxidation sites excluding steroid dienone is 2.